The third kappa shape index (κ3) is 3.40. The fraction of sp³-hybridized carbons (Fsp3) is 0.429. The topological polar surface area (TPSA) is 76.1 Å². The number of carboxylic acids is 1. The third-order valence-corrected chi connectivity index (χ3v) is 2.91. The Labute approximate surface area is 117 Å². The van der Waals surface area contributed by atoms with Crippen molar-refractivity contribution in [3.8, 4) is 11.5 Å². The maximum Gasteiger partial charge on any atom is 0.331 e. The standard InChI is InChI=1S/C14H19NO5/c1-4-7-15(9-16)13(14(17)18)11-8-10(19-2)5-6-12(11)20-3/h5-6,8-9,13H,4,7H2,1-3H3,(H,17,18). The summed E-state index contributed by atoms with van der Waals surface area (Å²) >= 11 is 0. The van der Waals surface area contributed by atoms with Crippen LogP contribution in [0.25, 0.3) is 0 Å². The first-order valence-corrected chi connectivity index (χ1v) is 6.24. The number of rotatable bonds is 8. The zero-order valence-electron chi connectivity index (χ0n) is 11.8. The lowest BCUT2D eigenvalue weighted by atomic mass is 10.0. The third-order valence-electron chi connectivity index (χ3n) is 2.91. The Bertz CT molecular complexity index is 475. The predicted octanol–water partition coefficient (Wildman–Crippen LogP) is 1.70. The Morgan fingerprint density at radius 3 is 2.55 bits per heavy atom. The summed E-state index contributed by atoms with van der Waals surface area (Å²) in [4.78, 5) is 23.9. The van der Waals surface area contributed by atoms with Crippen molar-refractivity contribution >= 4 is 12.4 Å². The highest BCUT2D eigenvalue weighted by atomic mass is 16.5. The van der Waals surface area contributed by atoms with Crippen molar-refractivity contribution in [1.29, 1.82) is 0 Å². The van der Waals surface area contributed by atoms with Gasteiger partial charge >= 0.3 is 5.97 Å². The van der Waals surface area contributed by atoms with Gasteiger partial charge in [0.1, 0.15) is 11.5 Å². The van der Waals surface area contributed by atoms with Crippen LogP contribution in [0.15, 0.2) is 18.2 Å². The van der Waals surface area contributed by atoms with Crippen LogP contribution in [0.2, 0.25) is 0 Å². The van der Waals surface area contributed by atoms with E-state index in [1.807, 2.05) is 6.92 Å². The first-order chi connectivity index (χ1) is 9.58. The molecule has 1 atom stereocenters. The highest BCUT2D eigenvalue weighted by Gasteiger charge is 2.29. The molecule has 0 aromatic heterocycles. The summed E-state index contributed by atoms with van der Waals surface area (Å²) in [5.41, 5.74) is 0.389. The van der Waals surface area contributed by atoms with E-state index in [-0.39, 0.29) is 0 Å². The molecule has 0 saturated carbocycles. The molecule has 0 spiro atoms. The number of nitrogens with zero attached hydrogens (tertiary/aromatic N) is 1. The van der Waals surface area contributed by atoms with Crippen molar-refractivity contribution in [1.82, 2.24) is 4.90 Å². The van der Waals surface area contributed by atoms with Gasteiger partial charge in [-0.3, -0.25) is 4.79 Å². The normalized spacial score (nSPS) is 11.6. The van der Waals surface area contributed by atoms with Crippen LogP contribution in [-0.4, -0.2) is 43.2 Å². The molecule has 0 aliphatic rings. The van der Waals surface area contributed by atoms with Gasteiger partial charge < -0.3 is 19.5 Å². The lowest BCUT2D eigenvalue weighted by molar-refractivity contribution is -0.146. The SMILES string of the molecule is CCCN(C=O)C(C(=O)O)c1cc(OC)ccc1OC. The minimum Gasteiger partial charge on any atom is -0.497 e. The van der Waals surface area contributed by atoms with Crippen LogP contribution in [0.5, 0.6) is 11.5 Å². The zero-order chi connectivity index (χ0) is 15.1. The number of ether oxygens (including phenoxy) is 2. The average molecular weight is 281 g/mol. The number of hydrogen-bond donors (Lipinski definition) is 1. The van der Waals surface area contributed by atoms with Gasteiger partial charge in [0.15, 0.2) is 6.04 Å². The number of methoxy groups -OCH3 is 2. The summed E-state index contributed by atoms with van der Waals surface area (Å²) in [5.74, 6) is -0.201. The van der Waals surface area contributed by atoms with Crippen LogP contribution in [0.4, 0.5) is 0 Å². The predicted molar refractivity (Wildman–Crippen MR) is 73.0 cm³/mol. The van der Waals surface area contributed by atoms with E-state index in [9.17, 15) is 14.7 Å². The maximum atomic E-state index is 11.5. The van der Waals surface area contributed by atoms with Crippen LogP contribution in [0.1, 0.15) is 24.9 Å². The Kier molecular flexibility index (Phi) is 5.83. The molecular formula is C14H19NO5. The number of carbonyl (C=O) groups is 2. The summed E-state index contributed by atoms with van der Waals surface area (Å²) < 4.78 is 10.3. The Hall–Kier alpha value is -2.24. The van der Waals surface area contributed by atoms with E-state index in [1.165, 1.54) is 19.1 Å². The zero-order valence-corrected chi connectivity index (χ0v) is 11.8. The molecule has 6 nitrogen and oxygen atoms in total. The quantitative estimate of drug-likeness (QED) is 0.734. The lowest BCUT2D eigenvalue weighted by Gasteiger charge is -2.26. The highest BCUT2D eigenvalue weighted by Crippen LogP contribution is 2.32. The molecule has 1 aromatic carbocycles. The van der Waals surface area contributed by atoms with E-state index in [1.54, 1.807) is 18.2 Å². The van der Waals surface area contributed by atoms with E-state index in [4.69, 9.17) is 9.47 Å². The van der Waals surface area contributed by atoms with Gasteiger partial charge in [-0.1, -0.05) is 6.92 Å². The second-order valence-corrected chi connectivity index (χ2v) is 4.19. The molecule has 6 heteroatoms. The van der Waals surface area contributed by atoms with E-state index in [0.717, 1.165) is 0 Å². The fourth-order valence-electron chi connectivity index (χ4n) is 2.01. The van der Waals surface area contributed by atoms with Gasteiger partial charge in [0.05, 0.1) is 14.2 Å². The molecule has 1 rings (SSSR count). The molecular weight excluding hydrogens is 262 g/mol. The number of carbonyl (C=O) groups excluding carboxylic acids is 1. The molecule has 1 aromatic rings. The number of amides is 1. The van der Waals surface area contributed by atoms with Gasteiger partial charge in [0, 0.05) is 12.1 Å². The molecule has 1 unspecified atom stereocenters. The molecule has 0 aliphatic heterocycles. The van der Waals surface area contributed by atoms with E-state index in [2.05, 4.69) is 0 Å². The largest absolute Gasteiger partial charge is 0.497 e. The van der Waals surface area contributed by atoms with Gasteiger partial charge in [0.25, 0.3) is 0 Å². The molecule has 0 aliphatic carbocycles. The summed E-state index contributed by atoms with van der Waals surface area (Å²) in [5, 5.41) is 9.44. The van der Waals surface area contributed by atoms with Crippen molar-refractivity contribution in [2.24, 2.45) is 0 Å². The van der Waals surface area contributed by atoms with Crippen LogP contribution < -0.4 is 9.47 Å². The average Bonchev–Trinajstić information content (AvgIpc) is 2.46. The molecule has 1 amide bonds. The second kappa shape index (κ2) is 7.37. The lowest BCUT2D eigenvalue weighted by Crippen LogP contribution is -2.34. The maximum absolute atomic E-state index is 11.5. The van der Waals surface area contributed by atoms with Crippen LogP contribution in [-0.2, 0) is 9.59 Å². The number of hydrogen-bond acceptors (Lipinski definition) is 4. The minimum absolute atomic E-state index is 0.348. The summed E-state index contributed by atoms with van der Waals surface area (Å²) in [6.07, 6.45) is 1.20. The minimum atomic E-state index is -1.11. The highest BCUT2D eigenvalue weighted by molar-refractivity contribution is 5.79. The van der Waals surface area contributed by atoms with Crippen LogP contribution >= 0.6 is 0 Å². The van der Waals surface area contributed by atoms with Crippen molar-refractivity contribution < 1.29 is 24.2 Å². The Morgan fingerprint density at radius 1 is 1.40 bits per heavy atom. The first-order valence-electron chi connectivity index (χ1n) is 6.24. The van der Waals surface area contributed by atoms with E-state index < -0.39 is 12.0 Å². The molecule has 1 N–H and O–H groups in total. The molecule has 0 saturated heterocycles. The van der Waals surface area contributed by atoms with E-state index >= 15 is 0 Å². The molecule has 0 heterocycles. The van der Waals surface area contributed by atoms with Crippen LogP contribution in [0.3, 0.4) is 0 Å². The summed E-state index contributed by atoms with van der Waals surface area (Å²) in [6.45, 7) is 2.22. The molecule has 110 valence electrons. The van der Waals surface area contributed by atoms with Crippen molar-refractivity contribution in [3.05, 3.63) is 23.8 Å². The van der Waals surface area contributed by atoms with Crippen molar-refractivity contribution in [3.63, 3.8) is 0 Å². The van der Waals surface area contributed by atoms with Crippen LogP contribution in [0, 0.1) is 0 Å². The molecule has 20 heavy (non-hydrogen) atoms. The van der Waals surface area contributed by atoms with Crippen molar-refractivity contribution in [2.75, 3.05) is 20.8 Å². The number of benzene rings is 1. The van der Waals surface area contributed by atoms with Gasteiger partial charge in [-0.25, -0.2) is 4.79 Å². The molecule has 0 bridgehead atoms. The van der Waals surface area contributed by atoms with Crippen molar-refractivity contribution in [2.45, 2.75) is 19.4 Å². The van der Waals surface area contributed by atoms with Gasteiger partial charge in [-0.2, -0.15) is 0 Å². The number of carboxylic acid groups (broad SMARTS) is 1. The smallest absolute Gasteiger partial charge is 0.331 e. The van der Waals surface area contributed by atoms with Gasteiger partial charge in [0.2, 0.25) is 6.41 Å². The van der Waals surface area contributed by atoms with Gasteiger partial charge in [-0.15, -0.1) is 0 Å². The molecule has 0 radical (unpaired) electrons. The first kappa shape index (κ1) is 15.8. The molecule has 0 fully saturated rings. The summed E-state index contributed by atoms with van der Waals surface area (Å²) in [6, 6.07) is 3.77. The monoisotopic (exact) mass is 281 g/mol. The Morgan fingerprint density at radius 2 is 2.10 bits per heavy atom. The van der Waals surface area contributed by atoms with E-state index in [0.29, 0.717) is 36.4 Å². The summed E-state index contributed by atoms with van der Waals surface area (Å²) in [7, 11) is 2.94. The Balaban J connectivity index is 3.32. The number of aliphatic carboxylic acids is 1. The second-order valence-electron chi connectivity index (χ2n) is 4.19. The fourth-order valence-corrected chi connectivity index (χ4v) is 2.01. The van der Waals surface area contributed by atoms with Gasteiger partial charge in [-0.05, 0) is 24.6 Å².